The number of likely N-dealkylation sites (tertiary alicyclic amines) is 1. The lowest BCUT2D eigenvalue weighted by Gasteiger charge is -2.31. The van der Waals surface area contributed by atoms with Crippen LogP contribution in [0.5, 0.6) is 11.5 Å². The molecule has 0 unspecified atom stereocenters. The number of hydrogen-bond acceptors (Lipinski definition) is 5. The topological polar surface area (TPSA) is 80.8 Å². The van der Waals surface area contributed by atoms with Crippen molar-refractivity contribution in [1.82, 2.24) is 15.2 Å². The van der Waals surface area contributed by atoms with Crippen molar-refractivity contribution >= 4 is 11.8 Å². The maximum absolute atomic E-state index is 12.8. The minimum absolute atomic E-state index is 0.0256. The lowest BCUT2D eigenvalue weighted by atomic mass is 10.1. The summed E-state index contributed by atoms with van der Waals surface area (Å²) in [7, 11) is 1.57. The summed E-state index contributed by atoms with van der Waals surface area (Å²) in [6, 6.07) is 9.11. The number of carbonyl (C=O) groups is 2. The number of amides is 2. The first-order valence-corrected chi connectivity index (χ1v) is 9.84. The molecule has 0 aliphatic carbocycles. The lowest BCUT2D eigenvalue weighted by molar-refractivity contribution is -0.130. The Kier molecular flexibility index (Phi) is 7.05. The van der Waals surface area contributed by atoms with Crippen LogP contribution in [0.3, 0.4) is 0 Å². The maximum atomic E-state index is 12.8. The third-order valence-corrected chi connectivity index (χ3v) is 5.06. The molecule has 2 heterocycles. The van der Waals surface area contributed by atoms with Crippen molar-refractivity contribution in [1.29, 1.82) is 0 Å². The zero-order chi connectivity index (χ0) is 20.6. The number of carbonyl (C=O) groups excluding carboxylic acids is 2. The highest BCUT2D eigenvalue weighted by atomic mass is 16.5. The molecule has 1 aromatic carbocycles. The highest BCUT2D eigenvalue weighted by molar-refractivity contribution is 5.97. The molecule has 0 radical (unpaired) electrons. The average molecular weight is 397 g/mol. The van der Waals surface area contributed by atoms with E-state index >= 15 is 0 Å². The van der Waals surface area contributed by atoms with E-state index in [9.17, 15) is 9.59 Å². The van der Waals surface area contributed by atoms with Crippen LogP contribution in [0.1, 0.15) is 35.7 Å². The Hall–Kier alpha value is -3.09. The molecule has 1 fully saturated rings. The van der Waals surface area contributed by atoms with E-state index < -0.39 is 0 Å². The number of pyridine rings is 1. The van der Waals surface area contributed by atoms with E-state index in [1.807, 2.05) is 17.0 Å². The summed E-state index contributed by atoms with van der Waals surface area (Å²) in [5.41, 5.74) is 1.56. The summed E-state index contributed by atoms with van der Waals surface area (Å²) in [6.07, 6.45) is 5.66. The van der Waals surface area contributed by atoms with Crippen LogP contribution in [0.2, 0.25) is 0 Å². The zero-order valence-electron chi connectivity index (χ0n) is 16.9. The minimum Gasteiger partial charge on any atom is -0.497 e. The van der Waals surface area contributed by atoms with Crippen LogP contribution in [0.15, 0.2) is 42.7 Å². The largest absolute Gasteiger partial charge is 0.497 e. The van der Waals surface area contributed by atoms with Crippen LogP contribution in [0.25, 0.3) is 0 Å². The van der Waals surface area contributed by atoms with E-state index in [1.165, 1.54) is 0 Å². The van der Waals surface area contributed by atoms with E-state index in [1.54, 1.807) is 44.6 Å². The van der Waals surface area contributed by atoms with Crippen LogP contribution >= 0.6 is 0 Å². The highest BCUT2D eigenvalue weighted by Crippen LogP contribution is 2.27. The third-order valence-electron chi connectivity index (χ3n) is 5.06. The summed E-state index contributed by atoms with van der Waals surface area (Å²) >= 11 is 0. The Labute approximate surface area is 171 Å². The van der Waals surface area contributed by atoms with Crippen LogP contribution in [0, 0.1) is 0 Å². The molecule has 2 aromatic rings. The second kappa shape index (κ2) is 9.91. The summed E-state index contributed by atoms with van der Waals surface area (Å²) in [6.45, 7) is 3.43. The molecule has 154 valence electrons. The summed E-state index contributed by atoms with van der Waals surface area (Å²) in [5.74, 6) is 1.02. The number of methoxy groups -OCH3 is 1. The SMILES string of the molecule is COc1ccc(OC2CCN(C(C)=O)CC2)c(C(=O)NCCc2ccncc2)c1. The van der Waals surface area contributed by atoms with Gasteiger partial charge < -0.3 is 19.7 Å². The number of benzene rings is 1. The van der Waals surface area contributed by atoms with Crippen LogP contribution in [-0.2, 0) is 11.2 Å². The van der Waals surface area contributed by atoms with Crippen LogP contribution < -0.4 is 14.8 Å². The molecule has 1 aromatic heterocycles. The Bertz CT molecular complexity index is 833. The first kappa shape index (κ1) is 20.6. The second-order valence-electron chi connectivity index (χ2n) is 7.05. The molecule has 1 saturated heterocycles. The molecule has 7 nitrogen and oxygen atoms in total. The molecule has 1 aliphatic heterocycles. The van der Waals surface area contributed by atoms with Crippen LogP contribution in [-0.4, -0.2) is 54.5 Å². The number of piperidine rings is 1. The van der Waals surface area contributed by atoms with Crippen molar-refractivity contribution in [3.05, 3.63) is 53.9 Å². The fourth-order valence-corrected chi connectivity index (χ4v) is 3.35. The van der Waals surface area contributed by atoms with Gasteiger partial charge in [0, 0.05) is 51.8 Å². The van der Waals surface area contributed by atoms with E-state index in [2.05, 4.69) is 10.3 Å². The standard InChI is InChI=1S/C22H27N3O4/c1-16(26)25-13-8-18(9-14-25)29-21-4-3-19(28-2)15-20(21)22(27)24-12-7-17-5-10-23-11-6-17/h3-6,10-11,15,18H,7-9,12-14H2,1-2H3,(H,24,27). The minimum atomic E-state index is -0.200. The average Bonchev–Trinajstić information content (AvgIpc) is 2.75. The zero-order valence-corrected chi connectivity index (χ0v) is 16.9. The van der Waals surface area contributed by atoms with Crippen molar-refractivity contribution in [3.63, 3.8) is 0 Å². The Balaban J connectivity index is 1.63. The van der Waals surface area contributed by atoms with Gasteiger partial charge in [-0.15, -0.1) is 0 Å². The third kappa shape index (κ3) is 5.70. The molecule has 1 N–H and O–H groups in total. The quantitative estimate of drug-likeness (QED) is 0.776. The number of aromatic nitrogens is 1. The fourth-order valence-electron chi connectivity index (χ4n) is 3.35. The van der Waals surface area contributed by atoms with Gasteiger partial charge in [0.25, 0.3) is 5.91 Å². The molecule has 1 aliphatic rings. The molecule has 0 bridgehead atoms. The van der Waals surface area contributed by atoms with Gasteiger partial charge in [0.2, 0.25) is 5.91 Å². The van der Waals surface area contributed by atoms with Gasteiger partial charge in [0.05, 0.1) is 12.7 Å². The van der Waals surface area contributed by atoms with E-state index in [0.717, 1.165) is 24.8 Å². The summed E-state index contributed by atoms with van der Waals surface area (Å²) in [4.78, 5) is 30.1. The van der Waals surface area contributed by atoms with Crippen molar-refractivity contribution in [2.75, 3.05) is 26.7 Å². The van der Waals surface area contributed by atoms with E-state index in [4.69, 9.17) is 9.47 Å². The van der Waals surface area contributed by atoms with Crippen molar-refractivity contribution in [3.8, 4) is 11.5 Å². The molecule has 3 rings (SSSR count). The van der Waals surface area contributed by atoms with E-state index in [-0.39, 0.29) is 17.9 Å². The monoisotopic (exact) mass is 397 g/mol. The predicted molar refractivity (Wildman–Crippen MR) is 109 cm³/mol. The van der Waals surface area contributed by atoms with Crippen LogP contribution in [0.4, 0.5) is 0 Å². The van der Waals surface area contributed by atoms with Gasteiger partial charge in [-0.25, -0.2) is 0 Å². The first-order chi connectivity index (χ1) is 14.1. The van der Waals surface area contributed by atoms with Crippen molar-refractivity contribution < 1.29 is 19.1 Å². The molecular weight excluding hydrogens is 370 g/mol. The summed E-state index contributed by atoms with van der Waals surface area (Å²) < 4.78 is 11.4. The smallest absolute Gasteiger partial charge is 0.255 e. The maximum Gasteiger partial charge on any atom is 0.255 e. The number of rotatable bonds is 7. The van der Waals surface area contributed by atoms with Gasteiger partial charge in [0.15, 0.2) is 0 Å². The van der Waals surface area contributed by atoms with Gasteiger partial charge in [-0.2, -0.15) is 0 Å². The Morgan fingerprint density at radius 2 is 1.90 bits per heavy atom. The molecule has 29 heavy (non-hydrogen) atoms. The number of nitrogens with one attached hydrogen (secondary N) is 1. The van der Waals surface area contributed by atoms with Gasteiger partial charge in [0.1, 0.15) is 17.6 Å². The van der Waals surface area contributed by atoms with Crippen molar-refractivity contribution in [2.45, 2.75) is 32.3 Å². The number of ether oxygens (including phenoxy) is 2. The van der Waals surface area contributed by atoms with Gasteiger partial charge >= 0.3 is 0 Å². The number of hydrogen-bond donors (Lipinski definition) is 1. The highest BCUT2D eigenvalue weighted by Gasteiger charge is 2.24. The second-order valence-corrected chi connectivity index (χ2v) is 7.05. The Morgan fingerprint density at radius 3 is 2.55 bits per heavy atom. The predicted octanol–water partition coefficient (Wildman–Crippen LogP) is 2.45. The molecule has 0 atom stereocenters. The summed E-state index contributed by atoms with van der Waals surface area (Å²) in [5, 5.41) is 2.95. The van der Waals surface area contributed by atoms with Gasteiger partial charge in [-0.1, -0.05) is 0 Å². The van der Waals surface area contributed by atoms with E-state index in [0.29, 0.717) is 36.7 Å². The molecule has 7 heteroatoms. The molecule has 0 saturated carbocycles. The molecular formula is C22H27N3O4. The van der Waals surface area contributed by atoms with Gasteiger partial charge in [-0.05, 0) is 42.3 Å². The molecule has 0 spiro atoms. The molecule has 2 amide bonds. The van der Waals surface area contributed by atoms with Crippen molar-refractivity contribution in [2.24, 2.45) is 0 Å². The Morgan fingerprint density at radius 1 is 1.17 bits per heavy atom. The number of nitrogens with zero attached hydrogens (tertiary/aromatic N) is 2. The first-order valence-electron chi connectivity index (χ1n) is 9.84. The fraction of sp³-hybridized carbons (Fsp3) is 0.409. The van der Waals surface area contributed by atoms with Gasteiger partial charge in [-0.3, -0.25) is 14.6 Å². The normalized spacial score (nSPS) is 14.3. The lowest BCUT2D eigenvalue weighted by Crippen LogP contribution is -2.40.